The van der Waals surface area contributed by atoms with Crippen molar-refractivity contribution in [3.8, 4) is 0 Å². The first-order chi connectivity index (χ1) is 8.25. The van der Waals surface area contributed by atoms with E-state index >= 15 is 0 Å². The number of aromatic nitrogens is 1. The Morgan fingerprint density at radius 3 is 3.00 bits per heavy atom. The number of thioether (sulfide) groups is 1. The molecule has 0 aliphatic carbocycles. The third kappa shape index (κ3) is 1.81. The number of hydrogen-bond acceptors (Lipinski definition) is 3. The summed E-state index contributed by atoms with van der Waals surface area (Å²) in [6, 6.07) is 7.61. The van der Waals surface area contributed by atoms with Crippen LogP contribution in [0.4, 0.5) is 0 Å². The molecule has 2 heterocycles. The lowest BCUT2D eigenvalue weighted by molar-refractivity contribution is -0.138. The maximum absolute atomic E-state index is 10.9. The lowest BCUT2D eigenvalue weighted by atomic mass is 10.1. The normalized spacial score (nSPS) is 24.2. The Morgan fingerprint density at radius 2 is 2.24 bits per heavy atom. The van der Waals surface area contributed by atoms with Crippen molar-refractivity contribution < 1.29 is 9.90 Å². The van der Waals surface area contributed by atoms with Crippen molar-refractivity contribution in [2.24, 2.45) is 0 Å². The molecule has 4 nitrogen and oxygen atoms in total. The van der Waals surface area contributed by atoms with Crippen LogP contribution in [-0.4, -0.2) is 27.9 Å². The minimum absolute atomic E-state index is 0.0623. The Bertz CT molecular complexity index is 566. The standard InChI is InChI=1S/C12H12N2O2S/c15-12(16)10-6-17-11(14-10)8-5-13-9-4-2-1-3-7(8)9/h1-5,10-11,13-14H,6H2,(H,15,16)/t10-,11+/m1/s1. The predicted molar refractivity (Wildman–Crippen MR) is 68.1 cm³/mol. The number of para-hydroxylation sites is 1. The molecule has 2 atom stereocenters. The first-order valence-corrected chi connectivity index (χ1v) is 6.47. The van der Waals surface area contributed by atoms with Gasteiger partial charge >= 0.3 is 5.97 Å². The fraction of sp³-hybridized carbons (Fsp3) is 0.250. The summed E-state index contributed by atoms with van der Waals surface area (Å²) >= 11 is 1.64. The van der Waals surface area contributed by atoms with Crippen LogP contribution in [0.15, 0.2) is 30.5 Å². The van der Waals surface area contributed by atoms with E-state index in [4.69, 9.17) is 5.11 Å². The van der Waals surface area contributed by atoms with Gasteiger partial charge in [0.1, 0.15) is 6.04 Å². The molecule has 0 radical (unpaired) electrons. The lowest BCUT2D eigenvalue weighted by Gasteiger charge is -2.09. The molecule has 0 spiro atoms. The quantitative estimate of drug-likeness (QED) is 0.760. The van der Waals surface area contributed by atoms with Crippen molar-refractivity contribution in [1.82, 2.24) is 10.3 Å². The molecule has 5 heteroatoms. The van der Waals surface area contributed by atoms with Crippen LogP contribution in [0.1, 0.15) is 10.9 Å². The third-order valence-electron chi connectivity index (χ3n) is 2.98. The van der Waals surface area contributed by atoms with Gasteiger partial charge in [-0.25, -0.2) is 0 Å². The van der Waals surface area contributed by atoms with E-state index in [0.29, 0.717) is 5.75 Å². The summed E-state index contributed by atoms with van der Waals surface area (Å²) in [5.74, 6) is -0.167. The zero-order chi connectivity index (χ0) is 11.8. The van der Waals surface area contributed by atoms with Gasteiger partial charge in [-0.1, -0.05) is 18.2 Å². The van der Waals surface area contributed by atoms with Gasteiger partial charge in [-0.05, 0) is 6.07 Å². The van der Waals surface area contributed by atoms with E-state index in [0.717, 1.165) is 16.5 Å². The highest BCUT2D eigenvalue weighted by atomic mass is 32.2. The number of aliphatic carboxylic acids is 1. The number of benzene rings is 1. The maximum Gasteiger partial charge on any atom is 0.321 e. The second-order valence-electron chi connectivity index (χ2n) is 4.06. The van der Waals surface area contributed by atoms with Crippen molar-refractivity contribution >= 4 is 28.6 Å². The monoisotopic (exact) mass is 248 g/mol. The number of carboxylic acid groups (broad SMARTS) is 1. The highest BCUT2D eigenvalue weighted by Gasteiger charge is 2.31. The number of carbonyl (C=O) groups is 1. The summed E-state index contributed by atoms with van der Waals surface area (Å²) in [7, 11) is 0. The number of fused-ring (bicyclic) bond motifs is 1. The van der Waals surface area contributed by atoms with E-state index < -0.39 is 12.0 Å². The van der Waals surface area contributed by atoms with Crippen molar-refractivity contribution in [3.63, 3.8) is 0 Å². The van der Waals surface area contributed by atoms with Crippen LogP contribution in [0.3, 0.4) is 0 Å². The van der Waals surface area contributed by atoms with Crippen LogP contribution in [0.2, 0.25) is 0 Å². The Labute approximate surface area is 102 Å². The van der Waals surface area contributed by atoms with Gasteiger partial charge < -0.3 is 10.1 Å². The third-order valence-corrected chi connectivity index (χ3v) is 4.23. The van der Waals surface area contributed by atoms with Gasteiger partial charge in [0.05, 0.1) is 5.37 Å². The number of hydrogen-bond donors (Lipinski definition) is 3. The van der Waals surface area contributed by atoms with E-state index in [1.165, 1.54) is 0 Å². The zero-order valence-electron chi connectivity index (χ0n) is 9.01. The molecule has 3 rings (SSSR count). The Hall–Kier alpha value is -1.46. The average Bonchev–Trinajstić information content (AvgIpc) is 2.95. The number of H-pyrrole nitrogens is 1. The van der Waals surface area contributed by atoms with Crippen LogP contribution in [0.25, 0.3) is 10.9 Å². The molecule has 0 saturated carbocycles. The van der Waals surface area contributed by atoms with Crippen LogP contribution < -0.4 is 5.32 Å². The summed E-state index contributed by atoms with van der Waals surface area (Å²) in [6.07, 6.45) is 1.96. The smallest absolute Gasteiger partial charge is 0.321 e. The fourth-order valence-corrected chi connectivity index (χ4v) is 3.36. The predicted octanol–water partition coefficient (Wildman–Crippen LogP) is 1.96. The summed E-state index contributed by atoms with van der Waals surface area (Å²) in [4.78, 5) is 14.1. The van der Waals surface area contributed by atoms with Gasteiger partial charge in [-0.3, -0.25) is 10.1 Å². The molecule has 0 bridgehead atoms. The largest absolute Gasteiger partial charge is 0.480 e. The molecule has 1 aliphatic heterocycles. The highest BCUT2D eigenvalue weighted by molar-refractivity contribution is 7.99. The van der Waals surface area contributed by atoms with Gasteiger partial charge in [0.15, 0.2) is 0 Å². The van der Waals surface area contributed by atoms with Crippen molar-refractivity contribution in [2.75, 3.05) is 5.75 Å². The number of carboxylic acids is 1. The van der Waals surface area contributed by atoms with Gasteiger partial charge in [-0.15, -0.1) is 11.8 Å². The van der Waals surface area contributed by atoms with Crippen molar-refractivity contribution in [2.45, 2.75) is 11.4 Å². The maximum atomic E-state index is 10.9. The molecular weight excluding hydrogens is 236 g/mol. The topological polar surface area (TPSA) is 65.1 Å². The van der Waals surface area contributed by atoms with Gasteiger partial charge in [0, 0.05) is 28.4 Å². The molecule has 1 fully saturated rings. The summed E-state index contributed by atoms with van der Waals surface area (Å²) in [5, 5.41) is 13.3. The molecule has 3 N–H and O–H groups in total. The Morgan fingerprint density at radius 1 is 1.41 bits per heavy atom. The second-order valence-corrected chi connectivity index (χ2v) is 5.20. The minimum atomic E-state index is -0.778. The van der Waals surface area contributed by atoms with E-state index in [1.54, 1.807) is 11.8 Å². The SMILES string of the molecule is O=C(O)[C@H]1CS[C@@H](c2c[nH]c3ccccc23)N1. The number of nitrogens with one attached hydrogen (secondary N) is 2. The second kappa shape index (κ2) is 4.09. The first kappa shape index (κ1) is 10.7. The van der Waals surface area contributed by atoms with Crippen molar-refractivity contribution in [3.05, 3.63) is 36.0 Å². The van der Waals surface area contributed by atoms with Crippen LogP contribution >= 0.6 is 11.8 Å². The fourth-order valence-electron chi connectivity index (χ4n) is 2.10. The Balaban J connectivity index is 1.93. The van der Waals surface area contributed by atoms with Crippen LogP contribution in [0, 0.1) is 0 Å². The highest BCUT2D eigenvalue weighted by Crippen LogP contribution is 2.36. The lowest BCUT2D eigenvalue weighted by Crippen LogP contribution is -2.33. The molecule has 0 amide bonds. The molecular formula is C12H12N2O2S. The molecule has 2 aromatic rings. The molecule has 0 unspecified atom stereocenters. The van der Waals surface area contributed by atoms with Gasteiger partial charge in [0.2, 0.25) is 0 Å². The molecule has 17 heavy (non-hydrogen) atoms. The number of aromatic amines is 1. The van der Waals surface area contributed by atoms with Crippen LogP contribution in [-0.2, 0) is 4.79 Å². The molecule has 1 aliphatic rings. The average molecular weight is 248 g/mol. The Kier molecular flexibility index (Phi) is 2.57. The summed E-state index contributed by atoms with van der Waals surface area (Å²) < 4.78 is 0. The zero-order valence-corrected chi connectivity index (χ0v) is 9.83. The van der Waals surface area contributed by atoms with Gasteiger partial charge in [-0.2, -0.15) is 0 Å². The van der Waals surface area contributed by atoms with E-state index in [1.807, 2.05) is 24.4 Å². The minimum Gasteiger partial charge on any atom is -0.480 e. The van der Waals surface area contributed by atoms with Gasteiger partial charge in [0.25, 0.3) is 0 Å². The first-order valence-electron chi connectivity index (χ1n) is 5.42. The summed E-state index contributed by atoms with van der Waals surface area (Å²) in [6.45, 7) is 0. The number of rotatable bonds is 2. The van der Waals surface area contributed by atoms with E-state index in [9.17, 15) is 4.79 Å². The summed E-state index contributed by atoms with van der Waals surface area (Å²) in [5.41, 5.74) is 2.22. The molecule has 1 aromatic carbocycles. The molecule has 1 aromatic heterocycles. The van der Waals surface area contributed by atoms with E-state index in [-0.39, 0.29) is 5.37 Å². The van der Waals surface area contributed by atoms with E-state index in [2.05, 4.69) is 16.4 Å². The molecule has 88 valence electrons. The van der Waals surface area contributed by atoms with Crippen molar-refractivity contribution in [1.29, 1.82) is 0 Å². The molecule has 1 saturated heterocycles. The van der Waals surface area contributed by atoms with Crippen LogP contribution in [0.5, 0.6) is 0 Å².